The van der Waals surface area contributed by atoms with Crippen molar-refractivity contribution in [2.24, 2.45) is 5.73 Å². The fourth-order valence-corrected chi connectivity index (χ4v) is 3.55. The van der Waals surface area contributed by atoms with Crippen molar-refractivity contribution < 1.29 is 23.9 Å². The SMILES string of the molecule is CC(C)(C)OC(=O)NC(CCCCNCOCc1ccccc1)C(=O)NC(Cc1ccccc1)C(N)=O. The minimum absolute atomic E-state index is 0.258. The molecule has 0 aliphatic carbocycles. The summed E-state index contributed by atoms with van der Waals surface area (Å²) in [6.07, 6.45) is 1.35. The molecule has 3 amide bonds. The van der Waals surface area contributed by atoms with Crippen LogP contribution in [0.25, 0.3) is 0 Å². The van der Waals surface area contributed by atoms with Gasteiger partial charge in [-0.25, -0.2) is 4.79 Å². The van der Waals surface area contributed by atoms with Crippen molar-refractivity contribution in [3.63, 3.8) is 0 Å². The number of amides is 3. The zero-order valence-corrected chi connectivity index (χ0v) is 22.0. The molecule has 5 N–H and O–H groups in total. The molecule has 0 saturated carbocycles. The molecule has 202 valence electrons. The summed E-state index contributed by atoms with van der Waals surface area (Å²) in [6.45, 7) is 6.87. The predicted molar refractivity (Wildman–Crippen MR) is 142 cm³/mol. The third-order valence-corrected chi connectivity index (χ3v) is 5.36. The number of unbranched alkanes of at least 4 members (excludes halogenated alkanes) is 1. The topological polar surface area (TPSA) is 132 Å². The third kappa shape index (κ3) is 12.9. The van der Waals surface area contributed by atoms with E-state index in [1.165, 1.54) is 0 Å². The number of benzene rings is 2. The lowest BCUT2D eigenvalue weighted by molar-refractivity contribution is -0.128. The van der Waals surface area contributed by atoms with Crippen LogP contribution in [0.3, 0.4) is 0 Å². The van der Waals surface area contributed by atoms with E-state index in [0.717, 1.165) is 17.5 Å². The van der Waals surface area contributed by atoms with Gasteiger partial charge < -0.3 is 25.8 Å². The van der Waals surface area contributed by atoms with Crippen molar-refractivity contribution >= 4 is 17.9 Å². The van der Waals surface area contributed by atoms with Gasteiger partial charge in [0.1, 0.15) is 17.7 Å². The summed E-state index contributed by atoms with van der Waals surface area (Å²) in [7, 11) is 0. The van der Waals surface area contributed by atoms with Crippen molar-refractivity contribution in [3.8, 4) is 0 Å². The molecular weight excluding hydrogens is 472 g/mol. The van der Waals surface area contributed by atoms with Crippen molar-refractivity contribution in [2.75, 3.05) is 13.3 Å². The highest BCUT2D eigenvalue weighted by Gasteiger charge is 2.27. The lowest BCUT2D eigenvalue weighted by atomic mass is 10.0. The Morgan fingerprint density at radius 2 is 1.49 bits per heavy atom. The maximum absolute atomic E-state index is 13.1. The summed E-state index contributed by atoms with van der Waals surface area (Å²) in [5.41, 5.74) is 6.81. The number of carbonyl (C=O) groups is 3. The quantitative estimate of drug-likeness (QED) is 0.214. The first-order valence-corrected chi connectivity index (χ1v) is 12.6. The zero-order valence-electron chi connectivity index (χ0n) is 22.0. The van der Waals surface area contributed by atoms with Crippen LogP contribution in [0.15, 0.2) is 60.7 Å². The number of carbonyl (C=O) groups excluding carboxylic acids is 3. The summed E-state index contributed by atoms with van der Waals surface area (Å²) >= 11 is 0. The molecule has 9 heteroatoms. The van der Waals surface area contributed by atoms with Gasteiger partial charge in [-0.1, -0.05) is 60.7 Å². The molecule has 0 bridgehead atoms. The second-order valence-corrected chi connectivity index (χ2v) is 9.83. The fraction of sp³-hybridized carbons (Fsp3) is 0.464. The first kappa shape index (κ1) is 29.8. The average Bonchev–Trinajstić information content (AvgIpc) is 2.84. The van der Waals surface area contributed by atoms with E-state index in [9.17, 15) is 14.4 Å². The van der Waals surface area contributed by atoms with Crippen LogP contribution in [-0.4, -0.2) is 48.9 Å². The first-order valence-electron chi connectivity index (χ1n) is 12.6. The lowest BCUT2D eigenvalue weighted by Crippen LogP contribution is -2.54. The van der Waals surface area contributed by atoms with E-state index in [0.29, 0.717) is 32.7 Å². The highest BCUT2D eigenvalue weighted by Crippen LogP contribution is 2.10. The molecule has 0 radical (unpaired) electrons. The number of rotatable bonds is 15. The van der Waals surface area contributed by atoms with Crippen LogP contribution in [0.1, 0.15) is 51.2 Å². The second kappa shape index (κ2) is 15.6. The van der Waals surface area contributed by atoms with Crippen LogP contribution in [0.2, 0.25) is 0 Å². The van der Waals surface area contributed by atoms with Gasteiger partial charge in [0.05, 0.1) is 13.3 Å². The molecule has 0 aliphatic rings. The number of alkyl carbamates (subject to hydrolysis) is 1. The van der Waals surface area contributed by atoms with Gasteiger partial charge in [0.25, 0.3) is 0 Å². The lowest BCUT2D eigenvalue weighted by Gasteiger charge is -2.25. The van der Waals surface area contributed by atoms with Crippen LogP contribution in [0, 0.1) is 0 Å². The molecule has 0 aliphatic heterocycles. The maximum atomic E-state index is 13.1. The van der Waals surface area contributed by atoms with Crippen LogP contribution in [-0.2, 0) is 32.1 Å². The molecule has 9 nitrogen and oxygen atoms in total. The number of nitrogens with two attached hydrogens (primary N) is 1. The molecule has 0 fully saturated rings. The summed E-state index contributed by atoms with van der Waals surface area (Å²) in [6, 6.07) is 17.4. The molecule has 2 aromatic rings. The Bertz CT molecular complexity index is 964. The first-order chi connectivity index (χ1) is 17.6. The Morgan fingerprint density at radius 1 is 0.865 bits per heavy atom. The summed E-state index contributed by atoms with van der Waals surface area (Å²) < 4.78 is 10.9. The van der Waals surface area contributed by atoms with Crippen molar-refractivity contribution in [3.05, 3.63) is 71.8 Å². The smallest absolute Gasteiger partial charge is 0.408 e. The van der Waals surface area contributed by atoms with Gasteiger partial charge in [-0.3, -0.25) is 14.9 Å². The molecule has 2 aromatic carbocycles. The van der Waals surface area contributed by atoms with Gasteiger partial charge in [-0.05, 0) is 57.7 Å². The van der Waals surface area contributed by atoms with Gasteiger partial charge in [-0.15, -0.1) is 0 Å². The minimum Gasteiger partial charge on any atom is -0.444 e. The van der Waals surface area contributed by atoms with Crippen molar-refractivity contribution in [2.45, 2.75) is 70.7 Å². The number of hydrogen-bond donors (Lipinski definition) is 4. The Morgan fingerprint density at radius 3 is 2.08 bits per heavy atom. The Hall–Kier alpha value is -3.43. The van der Waals surface area contributed by atoms with Gasteiger partial charge in [0.2, 0.25) is 11.8 Å². The van der Waals surface area contributed by atoms with E-state index >= 15 is 0 Å². The molecule has 2 atom stereocenters. The van der Waals surface area contributed by atoms with E-state index in [2.05, 4.69) is 16.0 Å². The Balaban J connectivity index is 1.84. The molecule has 0 saturated heterocycles. The molecule has 2 rings (SSSR count). The van der Waals surface area contributed by atoms with E-state index in [1.54, 1.807) is 20.8 Å². The predicted octanol–water partition coefficient (Wildman–Crippen LogP) is 3.03. The standard InChI is InChI=1S/C28H40N4O5/c1-28(2,3)37-27(35)32-23(16-10-11-17-30-20-36-19-22-14-8-5-9-15-22)26(34)31-24(25(29)33)18-21-12-6-4-7-13-21/h4-9,12-15,23-24,30H,10-11,16-20H2,1-3H3,(H2,29,33)(H,31,34)(H,32,35). The minimum atomic E-state index is -0.902. The van der Waals surface area contributed by atoms with Crippen LogP contribution >= 0.6 is 0 Å². The largest absolute Gasteiger partial charge is 0.444 e. The Labute approximate surface area is 219 Å². The summed E-state index contributed by atoms with van der Waals surface area (Å²) in [4.78, 5) is 37.5. The highest BCUT2D eigenvalue weighted by molar-refractivity contribution is 5.90. The maximum Gasteiger partial charge on any atom is 0.408 e. The number of nitrogens with one attached hydrogen (secondary N) is 3. The fourth-order valence-electron chi connectivity index (χ4n) is 3.55. The summed E-state index contributed by atoms with van der Waals surface area (Å²) in [5, 5.41) is 8.55. The van der Waals surface area contributed by atoms with Crippen molar-refractivity contribution in [1.82, 2.24) is 16.0 Å². The highest BCUT2D eigenvalue weighted by atomic mass is 16.6. The van der Waals surface area contributed by atoms with E-state index in [1.807, 2.05) is 60.7 Å². The van der Waals surface area contributed by atoms with E-state index in [-0.39, 0.29) is 6.42 Å². The van der Waals surface area contributed by atoms with Crippen molar-refractivity contribution in [1.29, 1.82) is 0 Å². The number of primary amides is 1. The van der Waals surface area contributed by atoms with Crippen LogP contribution in [0.5, 0.6) is 0 Å². The molecule has 37 heavy (non-hydrogen) atoms. The Kier molecular flexibility index (Phi) is 12.6. The van der Waals surface area contributed by atoms with Gasteiger partial charge >= 0.3 is 6.09 Å². The van der Waals surface area contributed by atoms with Crippen LogP contribution in [0.4, 0.5) is 4.79 Å². The molecule has 0 spiro atoms. The summed E-state index contributed by atoms with van der Waals surface area (Å²) in [5.74, 6) is -1.13. The average molecular weight is 513 g/mol. The normalized spacial score (nSPS) is 12.8. The molecule has 0 aromatic heterocycles. The second-order valence-electron chi connectivity index (χ2n) is 9.83. The van der Waals surface area contributed by atoms with Crippen LogP contribution < -0.4 is 21.7 Å². The monoisotopic (exact) mass is 512 g/mol. The van der Waals surface area contributed by atoms with E-state index < -0.39 is 35.6 Å². The molecule has 0 heterocycles. The number of hydrogen-bond acceptors (Lipinski definition) is 6. The van der Waals surface area contributed by atoms with Gasteiger partial charge in [0.15, 0.2) is 0 Å². The molecular formula is C28H40N4O5. The van der Waals surface area contributed by atoms with E-state index in [4.69, 9.17) is 15.2 Å². The van der Waals surface area contributed by atoms with Gasteiger partial charge in [0, 0.05) is 6.42 Å². The molecule has 2 unspecified atom stereocenters. The van der Waals surface area contributed by atoms with Gasteiger partial charge in [-0.2, -0.15) is 0 Å². The zero-order chi connectivity index (χ0) is 27.1. The number of ether oxygens (including phenoxy) is 2. The third-order valence-electron chi connectivity index (χ3n) is 5.36.